The fourth-order valence-corrected chi connectivity index (χ4v) is 2.09. The summed E-state index contributed by atoms with van der Waals surface area (Å²) in [6.45, 7) is 5.71. The van der Waals surface area contributed by atoms with Crippen LogP contribution >= 0.6 is 0 Å². The van der Waals surface area contributed by atoms with Gasteiger partial charge in [0, 0.05) is 26.3 Å². The normalized spacial score (nSPS) is 17.1. The Labute approximate surface area is 104 Å². The number of nitrogens with one attached hydrogen (secondary N) is 2. The van der Waals surface area contributed by atoms with Gasteiger partial charge in [-0.3, -0.25) is 0 Å². The molecule has 2 amide bonds. The Morgan fingerprint density at radius 3 is 2.59 bits per heavy atom. The van der Waals surface area contributed by atoms with Crippen molar-refractivity contribution in [3.05, 3.63) is 0 Å². The lowest BCUT2D eigenvalue weighted by Gasteiger charge is -2.25. The molecule has 0 saturated heterocycles. The Morgan fingerprint density at radius 1 is 1.35 bits per heavy atom. The molecule has 0 unspecified atom stereocenters. The van der Waals surface area contributed by atoms with Gasteiger partial charge in [-0.15, -0.1) is 0 Å². The average molecular weight is 242 g/mol. The quantitative estimate of drug-likeness (QED) is 0.751. The predicted molar refractivity (Wildman–Crippen MR) is 69.1 cm³/mol. The Balaban J connectivity index is 2.17. The van der Waals surface area contributed by atoms with Gasteiger partial charge in [-0.2, -0.15) is 0 Å². The van der Waals surface area contributed by atoms with Crippen molar-refractivity contribution in [3.63, 3.8) is 0 Å². The van der Waals surface area contributed by atoms with E-state index in [-0.39, 0.29) is 11.4 Å². The number of carbonyl (C=O) groups is 1. The van der Waals surface area contributed by atoms with Crippen molar-refractivity contribution in [3.8, 4) is 0 Å². The summed E-state index contributed by atoms with van der Waals surface area (Å²) in [5, 5.41) is 5.98. The molecule has 100 valence electrons. The molecule has 0 heterocycles. The summed E-state index contributed by atoms with van der Waals surface area (Å²) in [5.74, 6) is 0. The highest BCUT2D eigenvalue weighted by Crippen LogP contribution is 2.19. The molecule has 0 aromatic rings. The van der Waals surface area contributed by atoms with Crippen LogP contribution in [0.3, 0.4) is 0 Å². The van der Waals surface area contributed by atoms with Gasteiger partial charge in [-0.25, -0.2) is 4.79 Å². The summed E-state index contributed by atoms with van der Waals surface area (Å²) in [5.41, 5.74) is 0.0863. The SMILES string of the molecule is COCCC(C)(C)CNC(=O)NC1CCCC1. The lowest BCUT2D eigenvalue weighted by molar-refractivity contribution is 0.150. The van der Waals surface area contributed by atoms with E-state index >= 15 is 0 Å². The van der Waals surface area contributed by atoms with Crippen molar-refractivity contribution >= 4 is 6.03 Å². The van der Waals surface area contributed by atoms with Gasteiger partial charge in [0.15, 0.2) is 0 Å². The molecule has 0 spiro atoms. The molecule has 17 heavy (non-hydrogen) atoms. The zero-order chi connectivity index (χ0) is 12.7. The fourth-order valence-electron chi connectivity index (χ4n) is 2.09. The Bertz CT molecular complexity index is 236. The van der Waals surface area contributed by atoms with Crippen LogP contribution in [0.4, 0.5) is 4.79 Å². The number of hydrogen-bond donors (Lipinski definition) is 2. The first kappa shape index (κ1) is 14.3. The number of urea groups is 1. The van der Waals surface area contributed by atoms with E-state index in [1.54, 1.807) is 7.11 Å². The predicted octanol–water partition coefficient (Wildman–Crippen LogP) is 2.29. The van der Waals surface area contributed by atoms with Gasteiger partial charge in [0.25, 0.3) is 0 Å². The third kappa shape index (κ3) is 5.91. The molecule has 1 fully saturated rings. The van der Waals surface area contributed by atoms with Crippen LogP contribution in [0.2, 0.25) is 0 Å². The number of amides is 2. The van der Waals surface area contributed by atoms with Crippen LogP contribution in [-0.2, 0) is 4.74 Å². The fraction of sp³-hybridized carbons (Fsp3) is 0.923. The molecular weight excluding hydrogens is 216 g/mol. The molecule has 1 aliphatic rings. The minimum Gasteiger partial charge on any atom is -0.385 e. The van der Waals surface area contributed by atoms with Crippen LogP contribution in [-0.4, -0.2) is 32.3 Å². The lowest BCUT2D eigenvalue weighted by atomic mass is 9.90. The monoisotopic (exact) mass is 242 g/mol. The second-order valence-corrected chi connectivity index (χ2v) is 5.72. The van der Waals surface area contributed by atoms with Gasteiger partial charge in [-0.05, 0) is 24.7 Å². The summed E-state index contributed by atoms with van der Waals surface area (Å²) in [6, 6.07) is 0.361. The van der Waals surface area contributed by atoms with Crippen molar-refractivity contribution in [1.29, 1.82) is 0 Å². The van der Waals surface area contributed by atoms with Crippen LogP contribution in [0.1, 0.15) is 46.0 Å². The van der Waals surface area contributed by atoms with E-state index in [0.717, 1.165) is 25.9 Å². The van der Waals surface area contributed by atoms with Crippen LogP contribution in [0, 0.1) is 5.41 Å². The van der Waals surface area contributed by atoms with Crippen molar-refractivity contribution in [2.45, 2.75) is 52.0 Å². The maximum atomic E-state index is 11.7. The van der Waals surface area contributed by atoms with Gasteiger partial charge >= 0.3 is 6.03 Å². The molecule has 0 aliphatic heterocycles. The zero-order valence-corrected chi connectivity index (χ0v) is 11.3. The van der Waals surface area contributed by atoms with E-state index in [4.69, 9.17) is 4.74 Å². The van der Waals surface area contributed by atoms with Gasteiger partial charge in [-0.1, -0.05) is 26.7 Å². The first-order chi connectivity index (χ1) is 8.03. The first-order valence-corrected chi connectivity index (χ1v) is 6.57. The van der Waals surface area contributed by atoms with Crippen molar-refractivity contribution in [2.24, 2.45) is 5.41 Å². The maximum absolute atomic E-state index is 11.7. The van der Waals surface area contributed by atoms with E-state index in [0.29, 0.717) is 12.6 Å². The summed E-state index contributed by atoms with van der Waals surface area (Å²) < 4.78 is 5.06. The van der Waals surface area contributed by atoms with Crippen molar-refractivity contribution in [2.75, 3.05) is 20.3 Å². The summed E-state index contributed by atoms with van der Waals surface area (Å²) in [7, 11) is 1.70. The van der Waals surface area contributed by atoms with Crippen molar-refractivity contribution < 1.29 is 9.53 Å². The van der Waals surface area contributed by atoms with Gasteiger partial charge < -0.3 is 15.4 Å². The molecule has 2 N–H and O–H groups in total. The molecule has 0 radical (unpaired) electrons. The minimum absolute atomic E-state index is 0.0256. The maximum Gasteiger partial charge on any atom is 0.315 e. The van der Waals surface area contributed by atoms with Crippen LogP contribution in [0.5, 0.6) is 0 Å². The zero-order valence-electron chi connectivity index (χ0n) is 11.3. The number of rotatable bonds is 6. The molecule has 0 aromatic heterocycles. The van der Waals surface area contributed by atoms with Crippen LogP contribution < -0.4 is 10.6 Å². The van der Waals surface area contributed by atoms with Crippen LogP contribution in [0.25, 0.3) is 0 Å². The molecule has 0 atom stereocenters. The smallest absolute Gasteiger partial charge is 0.315 e. The second kappa shape index (κ2) is 6.84. The molecule has 0 bridgehead atoms. The number of carbonyl (C=O) groups excluding carboxylic acids is 1. The Hall–Kier alpha value is -0.770. The lowest BCUT2D eigenvalue weighted by Crippen LogP contribution is -2.44. The van der Waals surface area contributed by atoms with Crippen molar-refractivity contribution in [1.82, 2.24) is 10.6 Å². The molecular formula is C13H26N2O2. The minimum atomic E-state index is -0.0256. The van der Waals surface area contributed by atoms with E-state index in [1.807, 2.05) is 0 Å². The highest BCUT2D eigenvalue weighted by atomic mass is 16.5. The number of hydrogen-bond acceptors (Lipinski definition) is 2. The van der Waals surface area contributed by atoms with E-state index in [1.165, 1.54) is 12.8 Å². The molecule has 1 saturated carbocycles. The number of methoxy groups -OCH3 is 1. The summed E-state index contributed by atoms with van der Waals surface area (Å²) >= 11 is 0. The third-order valence-electron chi connectivity index (χ3n) is 3.40. The first-order valence-electron chi connectivity index (χ1n) is 6.57. The largest absolute Gasteiger partial charge is 0.385 e. The highest BCUT2D eigenvalue weighted by Gasteiger charge is 2.20. The third-order valence-corrected chi connectivity index (χ3v) is 3.40. The van der Waals surface area contributed by atoms with Gasteiger partial charge in [0.1, 0.15) is 0 Å². The van der Waals surface area contributed by atoms with Crippen LogP contribution in [0.15, 0.2) is 0 Å². The second-order valence-electron chi connectivity index (χ2n) is 5.72. The highest BCUT2D eigenvalue weighted by molar-refractivity contribution is 5.74. The summed E-state index contributed by atoms with van der Waals surface area (Å²) in [6.07, 6.45) is 5.68. The van der Waals surface area contributed by atoms with Gasteiger partial charge in [0.05, 0.1) is 0 Å². The van der Waals surface area contributed by atoms with Gasteiger partial charge in [0.2, 0.25) is 0 Å². The molecule has 1 aliphatic carbocycles. The molecule has 4 heteroatoms. The topological polar surface area (TPSA) is 50.4 Å². The van der Waals surface area contributed by atoms with E-state index < -0.39 is 0 Å². The summed E-state index contributed by atoms with van der Waals surface area (Å²) in [4.78, 5) is 11.7. The number of ether oxygens (including phenoxy) is 1. The Morgan fingerprint density at radius 2 is 2.00 bits per heavy atom. The Kier molecular flexibility index (Phi) is 5.75. The molecule has 4 nitrogen and oxygen atoms in total. The van der Waals surface area contributed by atoms with E-state index in [9.17, 15) is 4.79 Å². The van der Waals surface area contributed by atoms with E-state index in [2.05, 4.69) is 24.5 Å². The molecule has 0 aromatic carbocycles. The standard InChI is InChI=1S/C13H26N2O2/c1-13(2,8-9-17-3)10-14-12(16)15-11-6-4-5-7-11/h11H,4-10H2,1-3H3,(H2,14,15,16). The molecule has 1 rings (SSSR count). The average Bonchev–Trinajstić information content (AvgIpc) is 2.77.